The van der Waals surface area contributed by atoms with Gasteiger partial charge in [0.15, 0.2) is 0 Å². The zero-order chi connectivity index (χ0) is 50.2. The molecule has 0 bridgehead atoms. The minimum atomic E-state index is -0.357. The lowest BCUT2D eigenvalue weighted by molar-refractivity contribution is -0.119. The Kier molecular flexibility index (Phi) is 13.5. The Morgan fingerprint density at radius 1 is 0.458 bits per heavy atom. The van der Waals surface area contributed by atoms with E-state index in [1.165, 1.54) is 5.69 Å². The number of carbonyl (C=O) groups is 2. The van der Waals surface area contributed by atoms with Crippen LogP contribution < -0.4 is 14.7 Å². The molecule has 17 heteroatoms. The van der Waals surface area contributed by atoms with Gasteiger partial charge in [-0.1, -0.05) is 85.0 Å². The quantitative estimate of drug-likeness (QED) is 0.165. The van der Waals surface area contributed by atoms with Crippen molar-refractivity contribution < 1.29 is 9.59 Å². The number of halogens is 3. The molecule has 3 aliphatic rings. The lowest BCUT2D eigenvalue weighted by atomic mass is 10.0. The molecule has 2 unspecified atom stereocenters. The van der Waals surface area contributed by atoms with Crippen molar-refractivity contribution in [2.75, 3.05) is 21.2 Å². The van der Waals surface area contributed by atoms with Crippen molar-refractivity contribution in [3.8, 4) is 17.1 Å². The first-order valence-electron chi connectivity index (χ1n) is 23.7. The van der Waals surface area contributed by atoms with Gasteiger partial charge < -0.3 is 4.90 Å². The summed E-state index contributed by atoms with van der Waals surface area (Å²) in [4.78, 5) is 32.1. The molecule has 0 saturated carbocycles. The second kappa shape index (κ2) is 20.2. The summed E-state index contributed by atoms with van der Waals surface area (Å²) in [6.07, 6.45) is 1.85. The zero-order valence-corrected chi connectivity index (χ0v) is 42.4. The second-order valence-corrected chi connectivity index (χ2v) is 18.8. The molecule has 0 N–H and O–H groups in total. The van der Waals surface area contributed by atoms with Crippen molar-refractivity contribution in [1.82, 2.24) is 44.3 Å². The summed E-state index contributed by atoms with van der Waals surface area (Å²) in [5.74, 6) is 4.73. The van der Waals surface area contributed by atoms with Crippen LogP contribution in [0.15, 0.2) is 146 Å². The van der Waals surface area contributed by atoms with Gasteiger partial charge in [0.05, 0.1) is 46.5 Å². The third-order valence-electron chi connectivity index (χ3n) is 13.1. The molecule has 2 atom stereocenters. The van der Waals surface area contributed by atoms with Crippen LogP contribution in [0.2, 0.25) is 15.1 Å². The van der Waals surface area contributed by atoms with Crippen molar-refractivity contribution in [2.24, 2.45) is 0 Å². The fourth-order valence-corrected chi connectivity index (χ4v) is 10.0. The van der Waals surface area contributed by atoms with Gasteiger partial charge in [0.1, 0.15) is 34.9 Å². The first-order valence-corrected chi connectivity index (χ1v) is 24.8. The molecule has 0 fully saturated rings. The molecule has 0 aliphatic carbocycles. The fraction of sp³-hybridized carbons (Fsp3) is 0.200. The zero-order valence-electron chi connectivity index (χ0n) is 40.2. The molecular formula is C55H49Cl3N12O2. The van der Waals surface area contributed by atoms with Crippen LogP contribution >= 0.6 is 34.8 Å². The van der Waals surface area contributed by atoms with Crippen LogP contribution in [0.25, 0.3) is 17.1 Å². The molecule has 6 aromatic carbocycles. The lowest BCUT2D eigenvalue weighted by Crippen LogP contribution is -2.30. The van der Waals surface area contributed by atoms with Crippen molar-refractivity contribution in [3.05, 3.63) is 196 Å². The number of fused-ring (bicyclic) bond motifs is 9. The molecule has 12 rings (SSSR count). The molecule has 72 heavy (non-hydrogen) atoms. The number of nitrogens with zero attached hydrogens (tertiary/aromatic N) is 12. The Hall–Kier alpha value is -7.65. The monoisotopic (exact) mass is 1010 g/mol. The van der Waals surface area contributed by atoms with Crippen LogP contribution in [-0.2, 0) is 16.0 Å². The Labute approximate surface area is 432 Å². The van der Waals surface area contributed by atoms with Crippen molar-refractivity contribution in [3.63, 3.8) is 0 Å². The van der Waals surface area contributed by atoms with Gasteiger partial charge >= 0.3 is 0 Å². The summed E-state index contributed by atoms with van der Waals surface area (Å²) in [5, 5.41) is 27.6. The summed E-state index contributed by atoms with van der Waals surface area (Å²) in [6.45, 7) is 10.9. The van der Waals surface area contributed by atoms with Gasteiger partial charge in [0.25, 0.3) is 0 Å². The number of aryl methyl sites for hydroxylation is 3. The van der Waals surface area contributed by atoms with Gasteiger partial charge in [-0.25, -0.2) is 0 Å². The number of benzene rings is 6. The SMILES string of the molecule is CCC1C(=O)N(c2ccc(Cl)cc2)c2ccccc2-n2c(C)nnc21.CCC1CN(c2ccc(Cl)cc2)c2ccccc2-n2c(C)nnc21.Cc1nnc2n1-c1ccccc1N(c1ccc(Cl)cc1)C(=O)C2. The van der Waals surface area contributed by atoms with Gasteiger partial charge in [-0.05, 0) is 143 Å². The van der Waals surface area contributed by atoms with Crippen molar-refractivity contribution in [2.45, 2.75) is 65.7 Å². The van der Waals surface area contributed by atoms with E-state index in [-0.39, 0.29) is 24.2 Å². The number of aromatic nitrogens is 9. The molecule has 0 saturated heterocycles. The summed E-state index contributed by atoms with van der Waals surface area (Å²) in [5.41, 5.74) is 8.42. The second-order valence-electron chi connectivity index (χ2n) is 17.5. The third kappa shape index (κ3) is 8.90. The number of anilines is 6. The van der Waals surface area contributed by atoms with E-state index in [9.17, 15) is 9.59 Å². The molecule has 0 radical (unpaired) electrons. The molecule has 9 aromatic rings. The highest BCUT2D eigenvalue weighted by atomic mass is 35.5. The van der Waals surface area contributed by atoms with Crippen LogP contribution in [0.4, 0.5) is 34.1 Å². The average molecular weight is 1020 g/mol. The minimum absolute atomic E-state index is 0.0107. The normalized spacial score (nSPS) is 15.5. The van der Waals surface area contributed by atoms with Crippen LogP contribution in [0.1, 0.15) is 73.5 Å². The molecule has 362 valence electrons. The van der Waals surface area contributed by atoms with E-state index < -0.39 is 0 Å². The molecule has 2 amide bonds. The number of rotatable bonds is 5. The smallest absolute Gasteiger partial charge is 0.242 e. The van der Waals surface area contributed by atoms with E-state index in [1.54, 1.807) is 34.1 Å². The summed E-state index contributed by atoms with van der Waals surface area (Å²) in [6, 6.07) is 46.6. The van der Waals surface area contributed by atoms with E-state index in [2.05, 4.69) is 83.4 Å². The molecule has 3 aromatic heterocycles. The fourth-order valence-electron chi connectivity index (χ4n) is 9.64. The molecular weight excluding hydrogens is 967 g/mol. The predicted molar refractivity (Wildman–Crippen MR) is 284 cm³/mol. The van der Waals surface area contributed by atoms with Gasteiger partial charge in [-0.15, -0.1) is 30.6 Å². The maximum atomic E-state index is 13.4. The highest BCUT2D eigenvalue weighted by molar-refractivity contribution is 6.31. The first kappa shape index (κ1) is 48.0. The Balaban J connectivity index is 0.000000124. The molecule has 3 aliphatic heterocycles. The van der Waals surface area contributed by atoms with Gasteiger partial charge in [0, 0.05) is 44.6 Å². The van der Waals surface area contributed by atoms with Crippen LogP contribution in [-0.4, -0.2) is 62.7 Å². The Bertz CT molecular complexity index is 3440. The maximum absolute atomic E-state index is 13.4. The molecule has 14 nitrogen and oxygen atoms in total. The van der Waals surface area contributed by atoms with Crippen LogP contribution in [0, 0.1) is 20.8 Å². The highest BCUT2D eigenvalue weighted by Crippen LogP contribution is 2.42. The number of amides is 2. The van der Waals surface area contributed by atoms with E-state index in [0.717, 1.165) is 86.8 Å². The number of hydrogen-bond acceptors (Lipinski definition) is 9. The van der Waals surface area contributed by atoms with Crippen molar-refractivity contribution >= 4 is 80.7 Å². The number of carbonyl (C=O) groups excluding carboxylic acids is 2. The Morgan fingerprint density at radius 3 is 1.42 bits per heavy atom. The Morgan fingerprint density at radius 2 is 0.875 bits per heavy atom. The topological polar surface area (TPSA) is 136 Å². The predicted octanol–water partition coefficient (Wildman–Crippen LogP) is 12.7. The van der Waals surface area contributed by atoms with E-state index in [0.29, 0.717) is 34.0 Å². The summed E-state index contributed by atoms with van der Waals surface area (Å²) >= 11 is 18.1. The van der Waals surface area contributed by atoms with E-state index in [4.69, 9.17) is 34.8 Å². The average Bonchev–Trinajstić information content (AvgIpc) is 4.01. The van der Waals surface area contributed by atoms with E-state index >= 15 is 0 Å². The molecule has 0 spiro atoms. The van der Waals surface area contributed by atoms with Gasteiger partial charge in [-0.2, -0.15) is 0 Å². The van der Waals surface area contributed by atoms with Crippen LogP contribution in [0.5, 0.6) is 0 Å². The lowest BCUT2D eigenvalue weighted by Gasteiger charge is -2.27. The van der Waals surface area contributed by atoms with Gasteiger partial charge in [0.2, 0.25) is 11.8 Å². The maximum Gasteiger partial charge on any atom is 0.242 e. The minimum Gasteiger partial charge on any atom is -0.339 e. The first-order chi connectivity index (χ1) is 34.9. The van der Waals surface area contributed by atoms with Crippen molar-refractivity contribution in [1.29, 1.82) is 0 Å². The number of para-hydroxylation sites is 6. The summed E-state index contributed by atoms with van der Waals surface area (Å²) in [7, 11) is 0. The standard InChI is InChI=1S/C19H17ClN4O.C19H19ClN4.C17H13ClN4O/c1-3-15-18-22-21-12(2)23(18)16-6-4-5-7-17(16)24(19(15)25)14-10-8-13(20)9-11-14;1-3-14-12-23(16-10-8-15(20)9-11-16)17-6-4-5-7-18(17)24-13(2)21-22-19(14)24;1-11-19-20-16-10-17(23)22(13-8-6-12(18)7-9-13)15-5-3-2-4-14(15)21(11)16/h4-11,15H,3H2,1-2H3;4-11,14H,3,12H2,1-2H3;2-9H,10H2,1H3. The van der Waals surface area contributed by atoms with Gasteiger partial charge in [-0.3, -0.25) is 33.1 Å². The highest BCUT2D eigenvalue weighted by Gasteiger charge is 2.37. The van der Waals surface area contributed by atoms with Crippen LogP contribution in [0.3, 0.4) is 0 Å². The third-order valence-corrected chi connectivity index (χ3v) is 13.9. The largest absolute Gasteiger partial charge is 0.339 e. The molecule has 6 heterocycles. The summed E-state index contributed by atoms with van der Waals surface area (Å²) < 4.78 is 6.11. The van der Waals surface area contributed by atoms with E-state index in [1.807, 2.05) is 122 Å². The number of hydrogen-bond donors (Lipinski definition) is 0.